The summed E-state index contributed by atoms with van der Waals surface area (Å²) in [6.45, 7) is 0. The second-order valence-electron chi connectivity index (χ2n) is 2.79. The van der Waals surface area contributed by atoms with Gasteiger partial charge in [0.1, 0.15) is 5.82 Å². The lowest BCUT2D eigenvalue weighted by molar-refractivity contribution is -0.135. The van der Waals surface area contributed by atoms with Crippen LogP contribution in [0.2, 0.25) is 0 Å². The number of carboxylic acid groups (broad SMARTS) is 1. The van der Waals surface area contributed by atoms with Crippen LogP contribution in [0.5, 0.6) is 0 Å². The highest BCUT2D eigenvalue weighted by atomic mass is 19.2. The Balaban J connectivity index is 2.94. The minimum absolute atomic E-state index is 0.311. The molecule has 15 heavy (non-hydrogen) atoms. The van der Waals surface area contributed by atoms with Gasteiger partial charge in [0.15, 0.2) is 11.6 Å². The van der Waals surface area contributed by atoms with Crippen LogP contribution < -0.4 is 0 Å². The Morgan fingerprint density at radius 1 is 1.33 bits per heavy atom. The average molecular weight is 216 g/mol. The quantitative estimate of drug-likeness (QED) is 0.788. The maximum absolute atomic E-state index is 13.0. The molecule has 80 valence electrons. The molecule has 0 fully saturated rings. The molecule has 1 N–H and O–H groups in total. The molecule has 0 aromatic heterocycles. The monoisotopic (exact) mass is 216 g/mol. The number of carbonyl (C=O) groups is 1. The molecule has 0 bridgehead atoms. The molecule has 0 heterocycles. The minimum atomic E-state index is -1.30. The number of rotatable bonds is 3. The van der Waals surface area contributed by atoms with Gasteiger partial charge in [0.25, 0.3) is 0 Å². The van der Waals surface area contributed by atoms with Gasteiger partial charge in [0.05, 0.1) is 6.42 Å². The maximum Gasteiger partial charge on any atom is 0.307 e. The van der Waals surface area contributed by atoms with Crippen LogP contribution in [-0.2, 0) is 4.79 Å². The number of halogens is 3. The molecule has 0 amide bonds. The smallest absolute Gasteiger partial charge is 0.307 e. The molecule has 0 aliphatic carbocycles. The molecule has 1 aromatic rings. The van der Waals surface area contributed by atoms with Gasteiger partial charge in [-0.05, 0) is 6.07 Å². The molecule has 0 unspecified atom stereocenters. The molecule has 0 atom stereocenters. The number of benzene rings is 1. The Morgan fingerprint density at radius 2 is 2.00 bits per heavy atom. The molecule has 0 spiro atoms. The lowest BCUT2D eigenvalue weighted by Gasteiger charge is -1.98. The fourth-order valence-electron chi connectivity index (χ4n) is 0.984. The van der Waals surface area contributed by atoms with Gasteiger partial charge in [-0.3, -0.25) is 4.79 Å². The van der Waals surface area contributed by atoms with Gasteiger partial charge in [0.2, 0.25) is 0 Å². The second-order valence-corrected chi connectivity index (χ2v) is 2.79. The largest absolute Gasteiger partial charge is 0.481 e. The summed E-state index contributed by atoms with van der Waals surface area (Å²) in [7, 11) is 0. The standard InChI is InChI=1S/C10H7F3O2/c11-7-4-6(2-1-3-9(14)15)10(13)8(12)5-7/h1-2,4-5H,3H2,(H,14,15). The van der Waals surface area contributed by atoms with Crippen LogP contribution in [0.25, 0.3) is 6.08 Å². The van der Waals surface area contributed by atoms with Crippen molar-refractivity contribution in [2.24, 2.45) is 0 Å². The van der Waals surface area contributed by atoms with E-state index in [4.69, 9.17) is 5.11 Å². The first-order valence-electron chi connectivity index (χ1n) is 4.03. The van der Waals surface area contributed by atoms with E-state index in [1.54, 1.807) is 0 Å². The highest BCUT2D eigenvalue weighted by Crippen LogP contribution is 2.15. The lowest BCUT2D eigenvalue weighted by Crippen LogP contribution is -1.92. The Bertz CT molecular complexity index is 413. The number of carboxylic acids is 1. The van der Waals surface area contributed by atoms with E-state index in [0.717, 1.165) is 18.2 Å². The van der Waals surface area contributed by atoms with Gasteiger partial charge in [-0.1, -0.05) is 12.2 Å². The van der Waals surface area contributed by atoms with Crippen molar-refractivity contribution in [2.45, 2.75) is 6.42 Å². The third kappa shape index (κ3) is 3.12. The van der Waals surface area contributed by atoms with Crippen molar-refractivity contribution in [2.75, 3.05) is 0 Å². The van der Waals surface area contributed by atoms with Gasteiger partial charge in [-0.2, -0.15) is 0 Å². The minimum Gasteiger partial charge on any atom is -0.481 e. The second kappa shape index (κ2) is 4.63. The van der Waals surface area contributed by atoms with Crippen molar-refractivity contribution < 1.29 is 23.1 Å². The Hall–Kier alpha value is -1.78. The van der Waals surface area contributed by atoms with Gasteiger partial charge in [-0.25, -0.2) is 13.2 Å². The fourth-order valence-corrected chi connectivity index (χ4v) is 0.984. The summed E-state index contributed by atoms with van der Waals surface area (Å²) in [6.07, 6.45) is 1.80. The van der Waals surface area contributed by atoms with Gasteiger partial charge in [0, 0.05) is 11.6 Å². The summed E-state index contributed by atoms with van der Waals surface area (Å²) < 4.78 is 38.3. The highest BCUT2D eigenvalue weighted by Gasteiger charge is 2.08. The highest BCUT2D eigenvalue weighted by molar-refractivity contribution is 5.70. The zero-order valence-corrected chi connectivity index (χ0v) is 7.51. The van der Waals surface area contributed by atoms with Crippen LogP contribution in [0.1, 0.15) is 12.0 Å². The van der Waals surface area contributed by atoms with Crippen molar-refractivity contribution in [3.8, 4) is 0 Å². The predicted octanol–water partition coefficient (Wildman–Crippen LogP) is 2.59. The molecule has 1 rings (SSSR count). The molecule has 0 aliphatic rings. The van der Waals surface area contributed by atoms with Gasteiger partial charge < -0.3 is 5.11 Å². The van der Waals surface area contributed by atoms with Gasteiger partial charge >= 0.3 is 5.97 Å². The van der Waals surface area contributed by atoms with Gasteiger partial charge in [-0.15, -0.1) is 0 Å². The molecular weight excluding hydrogens is 209 g/mol. The number of hydrogen-bond acceptors (Lipinski definition) is 1. The van der Waals surface area contributed by atoms with E-state index in [2.05, 4.69) is 0 Å². The summed E-state index contributed by atoms with van der Waals surface area (Å²) in [5.74, 6) is -4.52. The topological polar surface area (TPSA) is 37.3 Å². The summed E-state index contributed by atoms with van der Waals surface area (Å²) in [5, 5.41) is 8.28. The number of aliphatic carboxylic acids is 1. The molecule has 1 aromatic carbocycles. The van der Waals surface area contributed by atoms with Crippen LogP contribution in [0.15, 0.2) is 18.2 Å². The van der Waals surface area contributed by atoms with Crippen LogP contribution in [0.4, 0.5) is 13.2 Å². The molecule has 0 saturated carbocycles. The first kappa shape index (κ1) is 11.3. The van der Waals surface area contributed by atoms with E-state index in [-0.39, 0.29) is 12.0 Å². The normalized spacial score (nSPS) is 10.9. The SMILES string of the molecule is O=C(O)CC=Cc1cc(F)cc(F)c1F. The van der Waals surface area contributed by atoms with Crippen molar-refractivity contribution in [1.29, 1.82) is 0 Å². The predicted molar refractivity (Wildman–Crippen MR) is 47.6 cm³/mol. The average Bonchev–Trinajstić information content (AvgIpc) is 2.12. The number of hydrogen-bond donors (Lipinski definition) is 1. The van der Waals surface area contributed by atoms with Crippen molar-refractivity contribution >= 4 is 12.0 Å². The van der Waals surface area contributed by atoms with E-state index in [0.29, 0.717) is 6.07 Å². The van der Waals surface area contributed by atoms with E-state index in [9.17, 15) is 18.0 Å². The molecule has 5 heteroatoms. The van der Waals surface area contributed by atoms with E-state index < -0.39 is 23.4 Å². The van der Waals surface area contributed by atoms with Crippen LogP contribution >= 0.6 is 0 Å². The van der Waals surface area contributed by atoms with Crippen LogP contribution in [0.3, 0.4) is 0 Å². The lowest BCUT2D eigenvalue weighted by atomic mass is 10.1. The molecular formula is C10H7F3O2. The van der Waals surface area contributed by atoms with E-state index in [1.807, 2.05) is 0 Å². The Morgan fingerprint density at radius 3 is 2.60 bits per heavy atom. The Kier molecular flexibility index (Phi) is 3.49. The summed E-state index contributed by atoms with van der Waals surface area (Å²) in [4.78, 5) is 10.1. The summed E-state index contributed by atoms with van der Waals surface area (Å²) in [5.41, 5.74) is -0.311. The third-order valence-corrected chi connectivity index (χ3v) is 1.61. The first-order valence-corrected chi connectivity index (χ1v) is 4.03. The summed E-state index contributed by atoms with van der Waals surface area (Å²) in [6, 6.07) is 1.21. The molecule has 0 radical (unpaired) electrons. The zero-order valence-electron chi connectivity index (χ0n) is 7.51. The molecule has 0 saturated heterocycles. The summed E-state index contributed by atoms with van der Waals surface area (Å²) >= 11 is 0. The van der Waals surface area contributed by atoms with E-state index in [1.165, 1.54) is 0 Å². The van der Waals surface area contributed by atoms with Crippen LogP contribution in [-0.4, -0.2) is 11.1 Å². The van der Waals surface area contributed by atoms with E-state index >= 15 is 0 Å². The first-order chi connectivity index (χ1) is 7.00. The Labute approximate surface area is 83.7 Å². The zero-order chi connectivity index (χ0) is 11.4. The van der Waals surface area contributed by atoms with Crippen molar-refractivity contribution in [3.05, 3.63) is 41.2 Å². The van der Waals surface area contributed by atoms with Crippen molar-refractivity contribution in [3.63, 3.8) is 0 Å². The third-order valence-electron chi connectivity index (χ3n) is 1.61. The fraction of sp³-hybridized carbons (Fsp3) is 0.100. The van der Waals surface area contributed by atoms with Crippen molar-refractivity contribution in [1.82, 2.24) is 0 Å². The molecule has 2 nitrogen and oxygen atoms in total. The maximum atomic E-state index is 13.0. The van der Waals surface area contributed by atoms with Crippen LogP contribution in [0, 0.1) is 17.5 Å². The molecule has 0 aliphatic heterocycles.